The highest BCUT2D eigenvalue weighted by molar-refractivity contribution is 7.98. The van der Waals surface area contributed by atoms with E-state index in [0.717, 1.165) is 28.4 Å². The topological polar surface area (TPSA) is 35.5 Å². The van der Waals surface area contributed by atoms with Crippen LogP contribution in [0.2, 0.25) is 0 Å². The van der Waals surface area contributed by atoms with Crippen molar-refractivity contribution in [3.05, 3.63) is 59.2 Å². The van der Waals surface area contributed by atoms with Crippen LogP contribution in [0.25, 0.3) is 0 Å². The SMILES string of the molecule is CCc1cc(SCc2ccccc2)c2c(c1)C(OC(C)=O)CO2. The molecule has 1 heterocycles. The lowest BCUT2D eigenvalue weighted by Gasteiger charge is -2.12. The van der Waals surface area contributed by atoms with Gasteiger partial charge in [0.2, 0.25) is 0 Å². The van der Waals surface area contributed by atoms with Crippen LogP contribution in [0, 0.1) is 0 Å². The molecule has 23 heavy (non-hydrogen) atoms. The molecule has 0 saturated carbocycles. The highest BCUT2D eigenvalue weighted by Crippen LogP contribution is 2.43. The molecule has 1 atom stereocenters. The molecule has 2 aromatic carbocycles. The summed E-state index contributed by atoms with van der Waals surface area (Å²) in [6.45, 7) is 3.97. The Hall–Kier alpha value is -1.94. The second kappa shape index (κ2) is 7.09. The molecule has 0 radical (unpaired) electrons. The Labute approximate surface area is 141 Å². The molecule has 0 aromatic heterocycles. The van der Waals surface area contributed by atoms with Crippen molar-refractivity contribution in [3.8, 4) is 5.75 Å². The number of carbonyl (C=O) groups is 1. The maximum absolute atomic E-state index is 11.3. The summed E-state index contributed by atoms with van der Waals surface area (Å²) >= 11 is 1.76. The van der Waals surface area contributed by atoms with Gasteiger partial charge in [-0.15, -0.1) is 11.8 Å². The molecule has 0 fully saturated rings. The average molecular weight is 328 g/mol. The van der Waals surface area contributed by atoms with E-state index in [4.69, 9.17) is 9.47 Å². The van der Waals surface area contributed by atoms with Crippen LogP contribution in [0.3, 0.4) is 0 Å². The van der Waals surface area contributed by atoms with E-state index in [2.05, 4.69) is 43.3 Å². The number of benzene rings is 2. The summed E-state index contributed by atoms with van der Waals surface area (Å²) in [5.74, 6) is 1.49. The van der Waals surface area contributed by atoms with Gasteiger partial charge in [0.25, 0.3) is 0 Å². The third-order valence-corrected chi connectivity index (χ3v) is 4.91. The minimum absolute atomic E-state index is 0.271. The molecule has 2 aromatic rings. The van der Waals surface area contributed by atoms with Crippen molar-refractivity contribution in [1.82, 2.24) is 0 Å². The zero-order valence-electron chi connectivity index (χ0n) is 13.4. The van der Waals surface area contributed by atoms with Crippen LogP contribution in [0.1, 0.15) is 36.6 Å². The van der Waals surface area contributed by atoms with Crippen molar-refractivity contribution >= 4 is 17.7 Å². The van der Waals surface area contributed by atoms with Crippen LogP contribution < -0.4 is 4.74 Å². The maximum atomic E-state index is 11.3. The summed E-state index contributed by atoms with van der Waals surface area (Å²) in [5, 5.41) is 0. The number of rotatable bonds is 5. The number of carbonyl (C=O) groups excluding carboxylic acids is 1. The Balaban J connectivity index is 1.85. The predicted molar refractivity (Wildman–Crippen MR) is 91.8 cm³/mol. The van der Waals surface area contributed by atoms with Gasteiger partial charge in [-0.3, -0.25) is 4.79 Å². The van der Waals surface area contributed by atoms with Gasteiger partial charge >= 0.3 is 5.97 Å². The monoisotopic (exact) mass is 328 g/mol. The standard InChI is InChI=1S/C19H20O3S/c1-3-14-9-16-17(22-13(2)20)11-21-19(16)18(10-14)23-12-15-7-5-4-6-8-15/h4-10,17H,3,11-12H2,1-2H3. The first-order chi connectivity index (χ1) is 11.2. The smallest absolute Gasteiger partial charge is 0.303 e. The van der Waals surface area contributed by atoms with Crippen molar-refractivity contribution in [3.63, 3.8) is 0 Å². The highest BCUT2D eigenvalue weighted by atomic mass is 32.2. The number of aryl methyl sites for hydroxylation is 1. The molecule has 0 amide bonds. The molecule has 1 aliphatic heterocycles. The molecule has 0 bridgehead atoms. The highest BCUT2D eigenvalue weighted by Gasteiger charge is 2.29. The second-order valence-corrected chi connectivity index (χ2v) is 6.57. The third kappa shape index (κ3) is 3.70. The molecule has 0 saturated heterocycles. The fraction of sp³-hybridized carbons (Fsp3) is 0.316. The van der Waals surface area contributed by atoms with Crippen LogP contribution >= 0.6 is 11.8 Å². The Morgan fingerprint density at radius 3 is 2.74 bits per heavy atom. The lowest BCUT2D eigenvalue weighted by atomic mass is 10.1. The Kier molecular flexibility index (Phi) is 4.91. The van der Waals surface area contributed by atoms with Gasteiger partial charge in [-0.1, -0.05) is 37.3 Å². The second-order valence-electron chi connectivity index (χ2n) is 5.55. The molecular weight excluding hydrogens is 308 g/mol. The molecule has 0 aliphatic carbocycles. The summed E-state index contributed by atoms with van der Waals surface area (Å²) in [5.41, 5.74) is 3.51. The number of thioether (sulfide) groups is 1. The molecule has 0 N–H and O–H groups in total. The van der Waals surface area contributed by atoms with Crippen molar-refractivity contribution < 1.29 is 14.3 Å². The molecule has 4 heteroatoms. The third-order valence-electron chi connectivity index (χ3n) is 3.82. The zero-order chi connectivity index (χ0) is 16.2. The normalized spacial score (nSPS) is 15.8. The number of hydrogen-bond donors (Lipinski definition) is 0. The van der Waals surface area contributed by atoms with E-state index in [-0.39, 0.29) is 12.1 Å². The fourth-order valence-corrected chi connectivity index (χ4v) is 3.73. The van der Waals surface area contributed by atoms with E-state index >= 15 is 0 Å². The van der Waals surface area contributed by atoms with Crippen molar-refractivity contribution in [2.45, 2.75) is 37.0 Å². The molecule has 1 unspecified atom stereocenters. The quantitative estimate of drug-likeness (QED) is 0.596. The van der Waals surface area contributed by atoms with E-state index in [9.17, 15) is 4.79 Å². The summed E-state index contributed by atoms with van der Waals surface area (Å²) in [6.07, 6.45) is 0.656. The molecular formula is C19H20O3S. The largest absolute Gasteiger partial charge is 0.488 e. The summed E-state index contributed by atoms with van der Waals surface area (Å²) in [7, 11) is 0. The minimum atomic E-state index is -0.287. The van der Waals surface area contributed by atoms with Gasteiger partial charge in [-0.05, 0) is 29.7 Å². The summed E-state index contributed by atoms with van der Waals surface area (Å²) in [6, 6.07) is 14.7. The molecule has 0 spiro atoms. The minimum Gasteiger partial charge on any atom is -0.488 e. The van der Waals surface area contributed by atoms with Gasteiger partial charge < -0.3 is 9.47 Å². The number of ether oxygens (including phenoxy) is 2. The first-order valence-corrected chi connectivity index (χ1v) is 8.79. The zero-order valence-corrected chi connectivity index (χ0v) is 14.2. The lowest BCUT2D eigenvalue weighted by molar-refractivity contribution is -0.147. The summed E-state index contributed by atoms with van der Waals surface area (Å²) in [4.78, 5) is 12.4. The Bertz CT molecular complexity index is 697. The van der Waals surface area contributed by atoms with Crippen LogP contribution in [-0.2, 0) is 21.7 Å². The fourth-order valence-electron chi connectivity index (χ4n) is 2.67. The average Bonchev–Trinajstić information content (AvgIpc) is 2.96. The van der Waals surface area contributed by atoms with Crippen LogP contribution in [0.4, 0.5) is 0 Å². The van der Waals surface area contributed by atoms with E-state index in [1.165, 1.54) is 18.1 Å². The van der Waals surface area contributed by atoms with Crippen LogP contribution in [0.15, 0.2) is 47.4 Å². The van der Waals surface area contributed by atoms with E-state index in [1.807, 2.05) is 6.07 Å². The van der Waals surface area contributed by atoms with E-state index in [0.29, 0.717) is 6.61 Å². The Morgan fingerprint density at radius 2 is 2.04 bits per heavy atom. The summed E-state index contributed by atoms with van der Waals surface area (Å²) < 4.78 is 11.2. The molecule has 3 rings (SSSR count). The maximum Gasteiger partial charge on any atom is 0.303 e. The van der Waals surface area contributed by atoms with Crippen molar-refractivity contribution in [2.75, 3.05) is 6.61 Å². The number of hydrogen-bond acceptors (Lipinski definition) is 4. The predicted octanol–water partition coefficient (Wildman–Crippen LogP) is 4.54. The van der Waals surface area contributed by atoms with Gasteiger partial charge in [0.1, 0.15) is 12.4 Å². The van der Waals surface area contributed by atoms with Crippen LogP contribution in [-0.4, -0.2) is 12.6 Å². The molecule has 120 valence electrons. The van der Waals surface area contributed by atoms with Gasteiger partial charge in [-0.25, -0.2) is 0 Å². The van der Waals surface area contributed by atoms with Gasteiger partial charge in [-0.2, -0.15) is 0 Å². The van der Waals surface area contributed by atoms with E-state index in [1.54, 1.807) is 11.8 Å². The van der Waals surface area contributed by atoms with Crippen molar-refractivity contribution in [1.29, 1.82) is 0 Å². The Morgan fingerprint density at radius 1 is 1.26 bits per heavy atom. The first-order valence-electron chi connectivity index (χ1n) is 7.81. The number of fused-ring (bicyclic) bond motifs is 1. The molecule has 1 aliphatic rings. The van der Waals surface area contributed by atoms with Crippen LogP contribution in [0.5, 0.6) is 5.75 Å². The first kappa shape index (κ1) is 15.9. The van der Waals surface area contributed by atoms with Crippen molar-refractivity contribution in [2.24, 2.45) is 0 Å². The van der Waals surface area contributed by atoms with Gasteiger partial charge in [0.05, 0.1) is 4.90 Å². The van der Waals surface area contributed by atoms with E-state index < -0.39 is 0 Å². The number of esters is 1. The molecule has 3 nitrogen and oxygen atoms in total. The van der Waals surface area contributed by atoms with Gasteiger partial charge in [0, 0.05) is 18.2 Å². The lowest BCUT2D eigenvalue weighted by Crippen LogP contribution is -2.09. The van der Waals surface area contributed by atoms with Gasteiger partial charge in [0.15, 0.2) is 6.10 Å².